The molecule has 1 aliphatic heterocycles. The van der Waals surface area contributed by atoms with E-state index in [2.05, 4.69) is 41.2 Å². The fourth-order valence-corrected chi connectivity index (χ4v) is 2.94. The third-order valence-electron chi connectivity index (χ3n) is 3.97. The maximum Gasteiger partial charge on any atom is 0.0410 e. The van der Waals surface area contributed by atoms with Crippen LogP contribution < -0.4 is 10.2 Å². The van der Waals surface area contributed by atoms with Crippen LogP contribution in [0.15, 0.2) is 18.2 Å². The van der Waals surface area contributed by atoms with Gasteiger partial charge in [-0.15, -0.1) is 0 Å². The first-order chi connectivity index (χ1) is 9.70. The van der Waals surface area contributed by atoms with Crippen molar-refractivity contribution in [1.82, 2.24) is 10.2 Å². The van der Waals surface area contributed by atoms with E-state index in [-0.39, 0.29) is 0 Å². The Bertz CT molecular complexity index is 416. The number of anilines is 1. The van der Waals surface area contributed by atoms with Crippen LogP contribution in [0.25, 0.3) is 0 Å². The summed E-state index contributed by atoms with van der Waals surface area (Å²) in [5, 5.41) is 4.20. The standard InChI is InChI=1S/C16H26ClN3/c1-3-18-13-14-12-15(17)6-7-16(14)19(2)10-11-20-8-4-5-9-20/h6-7,12,18H,3-5,8-11,13H2,1-2H3. The molecule has 3 nitrogen and oxygen atoms in total. The van der Waals surface area contributed by atoms with Crippen molar-refractivity contribution in [2.45, 2.75) is 26.3 Å². The Morgan fingerprint density at radius 2 is 2.05 bits per heavy atom. The van der Waals surface area contributed by atoms with Crippen LogP contribution in [0.2, 0.25) is 5.02 Å². The van der Waals surface area contributed by atoms with Gasteiger partial charge < -0.3 is 15.1 Å². The Kier molecular flexibility index (Phi) is 6.14. The second-order valence-electron chi connectivity index (χ2n) is 5.52. The van der Waals surface area contributed by atoms with Crippen molar-refractivity contribution >= 4 is 17.3 Å². The minimum Gasteiger partial charge on any atom is -0.373 e. The molecular formula is C16H26ClN3. The highest BCUT2D eigenvalue weighted by Gasteiger charge is 2.13. The topological polar surface area (TPSA) is 18.5 Å². The molecule has 4 heteroatoms. The minimum absolute atomic E-state index is 0.814. The molecule has 1 heterocycles. The molecule has 0 aliphatic carbocycles. The molecule has 1 aromatic carbocycles. The van der Waals surface area contributed by atoms with Gasteiger partial charge >= 0.3 is 0 Å². The number of rotatable bonds is 7. The zero-order chi connectivity index (χ0) is 14.4. The number of likely N-dealkylation sites (N-methyl/N-ethyl adjacent to an activating group) is 1. The molecule has 0 aromatic heterocycles. The number of halogens is 1. The number of benzene rings is 1. The average Bonchev–Trinajstić information content (AvgIpc) is 2.96. The lowest BCUT2D eigenvalue weighted by Gasteiger charge is -2.25. The SMILES string of the molecule is CCNCc1cc(Cl)ccc1N(C)CCN1CCCC1. The Morgan fingerprint density at radius 3 is 2.75 bits per heavy atom. The molecule has 1 saturated heterocycles. The van der Waals surface area contributed by atoms with Gasteiger partial charge in [-0.2, -0.15) is 0 Å². The van der Waals surface area contributed by atoms with Crippen LogP contribution in [0.5, 0.6) is 0 Å². The Labute approximate surface area is 127 Å². The lowest BCUT2D eigenvalue weighted by molar-refractivity contribution is 0.346. The first-order valence-corrected chi connectivity index (χ1v) is 8.01. The van der Waals surface area contributed by atoms with Gasteiger partial charge in [0, 0.05) is 37.4 Å². The van der Waals surface area contributed by atoms with Crippen LogP contribution in [0.4, 0.5) is 5.69 Å². The maximum atomic E-state index is 6.13. The molecule has 1 N–H and O–H groups in total. The van der Waals surface area contributed by atoms with Crippen molar-refractivity contribution in [3.05, 3.63) is 28.8 Å². The predicted molar refractivity (Wildman–Crippen MR) is 87.8 cm³/mol. The van der Waals surface area contributed by atoms with Gasteiger partial charge in [0.15, 0.2) is 0 Å². The van der Waals surface area contributed by atoms with Gasteiger partial charge in [-0.25, -0.2) is 0 Å². The fraction of sp³-hybridized carbons (Fsp3) is 0.625. The van der Waals surface area contributed by atoms with E-state index in [9.17, 15) is 0 Å². The Hall–Kier alpha value is -0.770. The molecule has 20 heavy (non-hydrogen) atoms. The molecule has 0 spiro atoms. The van der Waals surface area contributed by atoms with Gasteiger partial charge in [0.2, 0.25) is 0 Å². The normalized spacial score (nSPS) is 15.8. The number of nitrogens with one attached hydrogen (secondary N) is 1. The molecule has 1 fully saturated rings. The molecule has 0 unspecified atom stereocenters. The third-order valence-corrected chi connectivity index (χ3v) is 4.20. The van der Waals surface area contributed by atoms with Gasteiger partial charge in [-0.05, 0) is 56.2 Å². The maximum absolute atomic E-state index is 6.13. The molecule has 0 bridgehead atoms. The van der Waals surface area contributed by atoms with Gasteiger partial charge in [-0.1, -0.05) is 18.5 Å². The smallest absolute Gasteiger partial charge is 0.0410 e. The lowest BCUT2D eigenvalue weighted by Crippen LogP contribution is -2.32. The fourth-order valence-electron chi connectivity index (χ4n) is 2.75. The summed E-state index contributed by atoms with van der Waals surface area (Å²) >= 11 is 6.13. The Morgan fingerprint density at radius 1 is 1.30 bits per heavy atom. The summed E-state index contributed by atoms with van der Waals surface area (Å²) < 4.78 is 0. The highest BCUT2D eigenvalue weighted by molar-refractivity contribution is 6.30. The first kappa shape index (κ1) is 15.6. The molecule has 0 atom stereocenters. The number of hydrogen-bond acceptors (Lipinski definition) is 3. The summed E-state index contributed by atoms with van der Waals surface area (Å²) in [6.45, 7) is 8.73. The van der Waals surface area contributed by atoms with Crippen LogP contribution in [-0.2, 0) is 6.54 Å². The van der Waals surface area contributed by atoms with Crippen LogP contribution in [0, 0.1) is 0 Å². The van der Waals surface area contributed by atoms with Crippen molar-refractivity contribution < 1.29 is 0 Å². The quantitative estimate of drug-likeness (QED) is 0.834. The average molecular weight is 296 g/mol. The van der Waals surface area contributed by atoms with E-state index in [1.807, 2.05) is 6.07 Å². The van der Waals surface area contributed by atoms with E-state index in [1.54, 1.807) is 0 Å². The van der Waals surface area contributed by atoms with E-state index in [0.29, 0.717) is 0 Å². The highest BCUT2D eigenvalue weighted by atomic mass is 35.5. The summed E-state index contributed by atoms with van der Waals surface area (Å²) in [5.41, 5.74) is 2.57. The summed E-state index contributed by atoms with van der Waals surface area (Å²) in [6, 6.07) is 6.20. The molecule has 0 amide bonds. The van der Waals surface area contributed by atoms with Crippen molar-refractivity contribution in [3.63, 3.8) is 0 Å². The first-order valence-electron chi connectivity index (χ1n) is 7.63. The monoisotopic (exact) mass is 295 g/mol. The minimum atomic E-state index is 0.814. The molecular weight excluding hydrogens is 270 g/mol. The van der Waals surface area contributed by atoms with E-state index >= 15 is 0 Å². The predicted octanol–water partition coefficient (Wildman–Crippen LogP) is 2.98. The van der Waals surface area contributed by atoms with Crippen LogP contribution in [0.3, 0.4) is 0 Å². The largest absolute Gasteiger partial charge is 0.373 e. The van der Waals surface area contributed by atoms with Gasteiger partial charge in [-0.3, -0.25) is 0 Å². The van der Waals surface area contributed by atoms with Crippen molar-refractivity contribution in [2.24, 2.45) is 0 Å². The van der Waals surface area contributed by atoms with E-state index in [4.69, 9.17) is 11.6 Å². The number of nitrogens with zero attached hydrogens (tertiary/aromatic N) is 2. The number of hydrogen-bond donors (Lipinski definition) is 1. The van der Waals surface area contributed by atoms with Crippen LogP contribution >= 0.6 is 11.6 Å². The third kappa shape index (κ3) is 4.37. The van der Waals surface area contributed by atoms with Gasteiger partial charge in [0.05, 0.1) is 0 Å². The summed E-state index contributed by atoms with van der Waals surface area (Å²) in [5.74, 6) is 0. The van der Waals surface area contributed by atoms with E-state index in [0.717, 1.165) is 31.2 Å². The summed E-state index contributed by atoms with van der Waals surface area (Å²) in [4.78, 5) is 4.90. The van der Waals surface area contributed by atoms with Crippen molar-refractivity contribution in [1.29, 1.82) is 0 Å². The van der Waals surface area contributed by atoms with E-state index in [1.165, 1.54) is 37.2 Å². The molecule has 1 aromatic rings. The highest BCUT2D eigenvalue weighted by Crippen LogP contribution is 2.23. The second kappa shape index (κ2) is 7.87. The second-order valence-corrected chi connectivity index (χ2v) is 5.96. The summed E-state index contributed by atoms with van der Waals surface area (Å²) in [7, 11) is 2.18. The van der Waals surface area contributed by atoms with Crippen LogP contribution in [-0.4, -0.2) is 44.7 Å². The molecule has 1 aliphatic rings. The van der Waals surface area contributed by atoms with Crippen molar-refractivity contribution in [3.8, 4) is 0 Å². The van der Waals surface area contributed by atoms with Crippen molar-refractivity contribution in [2.75, 3.05) is 44.7 Å². The number of likely N-dealkylation sites (tertiary alicyclic amines) is 1. The van der Waals surface area contributed by atoms with E-state index < -0.39 is 0 Å². The Balaban J connectivity index is 1.97. The zero-order valence-corrected chi connectivity index (χ0v) is 13.4. The zero-order valence-electron chi connectivity index (χ0n) is 12.7. The molecule has 0 radical (unpaired) electrons. The van der Waals surface area contributed by atoms with Gasteiger partial charge in [0.25, 0.3) is 0 Å². The summed E-state index contributed by atoms with van der Waals surface area (Å²) in [6.07, 6.45) is 2.71. The van der Waals surface area contributed by atoms with Crippen LogP contribution in [0.1, 0.15) is 25.3 Å². The molecule has 0 saturated carbocycles. The lowest BCUT2D eigenvalue weighted by atomic mass is 10.1. The van der Waals surface area contributed by atoms with Gasteiger partial charge in [0.1, 0.15) is 0 Å². The molecule has 2 rings (SSSR count). The molecule has 112 valence electrons.